The molecule has 7 heteroatoms. The molecule has 1 aromatic heterocycles. The summed E-state index contributed by atoms with van der Waals surface area (Å²) in [5.41, 5.74) is 3.78. The van der Waals surface area contributed by atoms with Gasteiger partial charge in [-0.1, -0.05) is 30.3 Å². The Balaban J connectivity index is 1.98. The third-order valence-electron chi connectivity index (χ3n) is 5.13. The van der Waals surface area contributed by atoms with Crippen molar-refractivity contribution in [1.82, 2.24) is 14.9 Å². The van der Waals surface area contributed by atoms with Gasteiger partial charge in [-0.25, -0.2) is 4.98 Å². The number of hydrogen-bond donors (Lipinski definition) is 2. The van der Waals surface area contributed by atoms with E-state index in [0.717, 1.165) is 16.8 Å². The van der Waals surface area contributed by atoms with Crippen LogP contribution in [-0.2, 0) is 13.6 Å². The van der Waals surface area contributed by atoms with Crippen LogP contribution in [0.15, 0.2) is 47.3 Å². The molecular weight excluding hydrogens is 380 g/mol. The predicted octanol–water partition coefficient (Wildman–Crippen LogP) is 2.77. The molecule has 0 fully saturated rings. The average molecular weight is 406 g/mol. The van der Waals surface area contributed by atoms with E-state index in [9.17, 15) is 14.7 Å². The summed E-state index contributed by atoms with van der Waals surface area (Å²) in [6, 6.07) is 13.3. The van der Waals surface area contributed by atoms with E-state index < -0.39 is 17.2 Å². The number of carbonyl (C=O) groups excluding carboxylic acids is 1. The number of hydrogen-bond acceptors (Lipinski definition) is 5. The first kappa shape index (κ1) is 21.1. The summed E-state index contributed by atoms with van der Waals surface area (Å²) in [4.78, 5) is 31.6. The van der Waals surface area contributed by atoms with Crippen LogP contribution in [-0.4, -0.2) is 34.7 Å². The second kappa shape index (κ2) is 8.41. The number of benzene rings is 2. The second-order valence-corrected chi connectivity index (χ2v) is 7.51. The fraction of sp³-hybridized carbons (Fsp3) is 0.261. The van der Waals surface area contributed by atoms with Gasteiger partial charge in [0, 0.05) is 38.9 Å². The van der Waals surface area contributed by atoms with Gasteiger partial charge in [-0.15, -0.1) is 0 Å². The Morgan fingerprint density at radius 1 is 1.13 bits per heavy atom. The minimum atomic E-state index is -0.676. The van der Waals surface area contributed by atoms with Gasteiger partial charge in [0.15, 0.2) is 5.69 Å². The molecule has 0 saturated carbocycles. The van der Waals surface area contributed by atoms with Crippen LogP contribution in [0.5, 0.6) is 5.75 Å². The molecule has 0 atom stereocenters. The summed E-state index contributed by atoms with van der Waals surface area (Å²) < 4.78 is 1.25. The van der Waals surface area contributed by atoms with E-state index >= 15 is 0 Å². The van der Waals surface area contributed by atoms with Crippen LogP contribution in [0.2, 0.25) is 0 Å². The standard InChI is InChI=1S/C23H26N4O3/c1-14-10-11-16(12-15(14)2)13-24-22(29)19-20(28)23(30)27(5)21(25-19)17-8-6-7-9-18(17)26(3)4/h6-12,28H,13H2,1-5H3,(H,24,29). The predicted molar refractivity (Wildman–Crippen MR) is 118 cm³/mol. The number of aryl methyl sites for hydroxylation is 2. The van der Waals surface area contributed by atoms with Crippen molar-refractivity contribution < 1.29 is 9.90 Å². The zero-order chi connectivity index (χ0) is 22.0. The SMILES string of the molecule is Cc1ccc(CNC(=O)c2nc(-c3ccccc3N(C)C)n(C)c(=O)c2O)cc1C. The van der Waals surface area contributed by atoms with E-state index in [1.807, 2.05) is 75.3 Å². The smallest absolute Gasteiger partial charge is 0.296 e. The quantitative estimate of drug-likeness (QED) is 0.680. The number of aromatic hydroxyl groups is 1. The van der Waals surface area contributed by atoms with Crippen LogP contribution in [0, 0.1) is 13.8 Å². The zero-order valence-corrected chi connectivity index (χ0v) is 17.9. The van der Waals surface area contributed by atoms with Crippen LogP contribution >= 0.6 is 0 Å². The number of nitrogens with one attached hydrogen (secondary N) is 1. The van der Waals surface area contributed by atoms with Crippen molar-refractivity contribution in [1.29, 1.82) is 0 Å². The van der Waals surface area contributed by atoms with E-state index in [0.29, 0.717) is 11.4 Å². The van der Waals surface area contributed by atoms with Crippen LogP contribution in [0.1, 0.15) is 27.2 Å². The molecule has 0 radical (unpaired) electrons. The number of rotatable bonds is 5. The lowest BCUT2D eigenvalue weighted by Crippen LogP contribution is -2.29. The molecule has 1 amide bonds. The summed E-state index contributed by atoms with van der Waals surface area (Å²) in [6.07, 6.45) is 0. The van der Waals surface area contributed by atoms with E-state index in [4.69, 9.17) is 0 Å². The van der Waals surface area contributed by atoms with Crippen molar-refractivity contribution >= 4 is 11.6 Å². The first-order valence-electron chi connectivity index (χ1n) is 9.61. The summed E-state index contributed by atoms with van der Waals surface area (Å²) in [5.74, 6) is -0.966. The van der Waals surface area contributed by atoms with Gasteiger partial charge in [-0.3, -0.25) is 14.2 Å². The van der Waals surface area contributed by atoms with Crippen molar-refractivity contribution in [2.45, 2.75) is 20.4 Å². The molecule has 0 bridgehead atoms. The van der Waals surface area contributed by atoms with E-state index in [2.05, 4.69) is 10.3 Å². The molecule has 156 valence electrons. The van der Waals surface area contributed by atoms with Gasteiger partial charge in [0.25, 0.3) is 11.5 Å². The molecule has 0 aliphatic heterocycles. The van der Waals surface area contributed by atoms with Gasteiger partial charge in [0.05, 0.1) is 0 Å². The molecule has 0 aliphatic rings. The first-order chi connectivity index (χ1) is 14.2. The van der Waals surface area contributed by atoms with Gasteiger partial charge < -0.3 is 15.3 Å². The van der Waals surface area contributed by atoms with Crippen molar-refractivity contribution in [3.05, 3.63) is 75.2 Å². The highest BCUT2D eigenvalue weighted by Gasteiger charge is 2.22. The highest BCUT2D eigenvalue weighted by atomic mass is 16.3. The van der Waals surface area contributed by atoms with Crippen LogP contribution in [0.25, 0.3) is 11.4 Å². The highest BCUT2D eigenvalue weighted by Crippen LogP contribution is 2.28. The van der Waals surface area contributed by atoms with Gasteiger partial charge in [-0.05, 0) is 42.7 Å². The lowest BCUT2D eigenvalue weighted by Gasteiger charge is -2.19. The Morgan fingerprint density at radius 3 is 2.50 bits per heavy atom. The molecule has 0 aliphatic carbocycles. The zero-order valence-electron chi connectivity index (χ0n) is 17.9. The maximum Gasteiger partial charge on any atom is 0.296 e. The fourth-order valence-electron chi connectivity index (χ4n) is 3.22. The molecule has 0 spiro atoms. The van der Waals surface area contributed by atoms with Crippen LogP contribution < -0.4 is 15.8 Å². The van der Waals surface area contributed by atoms with E-state index in [-0.39, 0.29) is 12.2 Å². The molecule has 1 heterocycles. The van der Waals surface area contributed by atoms with Crippen molar-refractivity contribution in [3.63, 3.8) is 0 Å². The Morgan fingerprint density at radius 2 is 1.83 bits per heavy atom. The Hall–Kier alpha value is -3.61. The Bertz CT molecular complexity index is 1170. The lowest BCUT2D eigenvalue weighted by atomic mass is 10.1. The van der Waals surface area contributed by atoms with Gasteiger partial charge >= 0.3 is 0 Å². The molecule has 2 aromatic carbocycles. The third-order valence-corrected chi connectivity index (χ3v) is 5.13. The number of amides is 1. The van der Waals surface area contributed by atoms with Crippen molar-refractivity contribution in [2.24, 2.45) is 7.05 Å². The summed E-state index contributed by atoms with van der Waals surface area (Å²) >= 11 is 0. The van der Waals surface area contributed by atoms with Crippen LogP contribution in [0.3, 0.4) is 0 Å². The molecule has 0 saturated heterocycles. The molecule has 2 N–H and O–H groups in total. The van der Waals surface area contributed by atoms with E-state index in [1.54, 1.807) is 0 Å². The Kier molecular flexibility index (Phi) is 5.91. The number of anilines is 1. The van der Waals surface area contributed by atoms with Crippen molar-refractivity contribution in [3.8, 4) is 17.1 Å². The topological polar surface area (TPSA) is 87.5 Å². The summed E-state index contributed by atoms with van der Waals surface area (Å²) in [5, 5.41) is 13.1. The molecule has 30 heavy (non-hydrogen) atoms. The first-order valence-corrected chi connectivity index (χ1v) is 9.61. The maximum atomic E-state index is 12.8. The van der Waals surface area contributed by atoms with Gasteiger partial charge in [0.1, 0.15) is 5.82 Å². The molecule has 3 rings (SSSR count). The van der Waals surface area contributed by atoms with Gasteiger partial charge in [0.2, 0.25) is 5.75 Å². The second-order valence-electron chi connectivity index (χ2n) is 7.51. The Labute approximate surface area is 175 Å². The summed E-state index contributed by atoms with van der Waals surface area (Å²) in [7, 11) is 5.29. The monoisotopic (exact) mass is 406 g/mol. The number of nitrogens with zero attached hydrogens (tertiary/aromatic N) is 3. The molecule has 0 unspecified atom stereocenters. The highest BCUT2D eigenvalue weighted by molar-refractivity contribution is 5.95. The minimum absolute atomic E-state index is 0.264. The normalized spacial score (nSPS) is 10.7. The van der Waals surface area contributed by atoms with E-state index in [1.165, 1.54) is 17.2 Å². The van der Waals surface area contributed by atoms with Crippen molar-refractivity contribution in [2.75, 3.05) is 19.0 Å². The average Bonchev–Trinajstić information content (AvgIpc) is 2.73. The third kappa shape index (κ3) is 4.05. The molecular formula is C23H26N4O3. The molecule has 3 aromatic rings. The maximum absolute atomic E-state index is 12.8. The number of aromatic nitrogens is 2. The lowest BCUT2D eigenvalue weighted by molar-refractivity contribution is 0.0942. The van der Waals surface area contributed by atoms with Crippen LogP contribution in [0.4, 0.5) is 5.69 Å². The minimum Gasteiger partial charge on any atom is -0.501 e. The number of para-hydroxylation sites is 1. The molecule has 7 nitrogen and oxygen atoms in total. The fourth-order valence-corrected chi connectivity index (χ4v) is 3.22. The number of carbonyl (C=O) groups is 1. The largest absolute Gasteiger partial charge is 0.501 e. The van der Waals surface area contributed by atoms with Gasteiger partial charge in [-0.2, -0.15) is 0 Å². The summed E-state index contributed by atoms with van der Waals surface area (Å²) in [6.45, 7) is 4.29.